The Hall–Kier alpha value is -0.780. The second-order valence-corrected chi connectivity index (χ2v) is 6.41. The van der Waals surface area contributed by atoms with Crippen LogP contribution in [0.2, 0.25) is 0 Å². The molecule has 0 bridgehead atoms. The summed E-state index contributed by atoms with van der Waals surface area (Å²) in [5.41, 5.74) is 3.25. The van der Waals surface area contributed by atoms with Crippen molar-refractivity contribution in [3.8, 4) is 0 Å². The van der Waals surface area contributed by atoms with E-state index >= 15 is 0 Å². The van der Waals surface area contributed by atoms with Gasteiger partial charge < -0.3 is 10.2 Å². The molecule has 1 aromatic carbocycles. The van der Waals surface area contributed by atoms with Gasteiger partial charge >= 0.3 is 0 Å². The number of hydrogen-bond donors (Lipinski definition) is 1. The number of guanidine groups is 1. The molecule has 3 rings (SSSR count). The van der Waals surface area contributed by atoms with Crippen LogP contribution in [0.1, 0.15) is 36.8 Å². The summed E-state index contributed by atoms with van der Waals surface area (Å²) < 4.78 is 0. The molecule has 0 atom stereocenters. The summed E-state index contributed by atoms with van der Waals surface area (Å²) in [7, 11) is 1.89. The standard InChI is InChI=1S/C17H25N3.HI/c1-14-4-6-15(7-5-14)12-19-16(18-2)20-11-10-17(13-20)8-3-9-17;/h4-7H,3,8-13H2,1-2H3,(H,18,19);1H. The number of likely N-dealkylation sites (tertiary alicyclic amines) is 1. The van der Waals surface area contributed by atoms with Gasteiger partial charge in [0.25, 0.3) is 0 Å². The molecule has 1 heterocycles. The summed E-state index contributed by atoms with van der Waals surface area (Å²) in [5.74, 6) is 1.06. The smallest absolute Gasteiger partial charge is 0.193 e. The first-order valence-corrected chi connectivity index (χ1v) is 7.72. The van der Waals surface area contributed by atoms with Crippen LogP contribution in [0.3, 0.4) is 0 Å². The molecule has 2 fully saturated rings. The van der Waals surface area contributed by atoms with Crippen molar-refractivity contribution in [3.63, 3.8) is 0 Å². The third kappa shape index (κ3) is 3.71. The highest BCUT2D eigenvalue weighted by molar-refractivity contribution is 14.0. The lowest BCUT2D eigenvalue weighted by atomic mass is 9.68. The van der Waals surface area contributed by atoms with E-state index in [-0.39, 0.29) is 24.0 Å². The Bertz CT molecular complexity index is 491. The molecular weight excluding hydrogens is 373 g/mol. The molecule has 1 aliphatic carbocycles. The van der Waals surface area contributed by atoms with Gasteiger partial charge in [0, 0.05) is 26.7 Å². The van der Waals surface area contributed by atoms with E-state index in [0.717, 1.165) is 19.0 Å². The second kappa shape index (κ2) is 6.99. The maximum atomic E-state index is 4.46. The Morgan fingerprint density at radius 1 is 1.24 bits per heavy atom. The lowest BCUT2D eigenvalue weighted by Gasteiger charge is -2.38. The van der Waals surface area contributed by atoms with E-state index < -0.39 is 0 Å². The summed E-state index contributed by atoms with van der Waals surface area (Å²) in [5, 5.41) is 3.51. The van der Waals surface area contributed by atoms with E-state index in [4.69, 9.17) is 0 Å². The molecule has 3 nitrogen and oxygen atoms in total. The quantitative estimate of drug-likeness (QED) is 0.468. The molecule has 1 aliphatic heterocycles. The molecule has 1 N–H and O–H groups in total. The van der Waals surface area contributed by atoms with Gasteiger partial charge in [0.05, 0.1) is 0 Å². The first-order valence-electron chi connectivity index (χ1n) is 7.72. The summed E-state index contributed by atoms with van der Waals surface area (Å²) in [6.45, 7) is 5.34. The Kier molecular flexibility index (Phi) is 5.52. The topological polar surface area (TPSA) is 27.6 Å². The first-order chi connectivity index (χ1) is 9.71. The minimum Gasteiger partial charge on any atom is -0.352 e. The maximum Gasteiger partial charge on any atom is 0.193 e. The van der Waals surface area contributed by atoms with E-state index in [1.54, 1.807) is 0 Å². The number of aryl methyl sites for hydroxylation is 1. The molecule has 0 radical (unpaired) electrons. The number of hydrogen-bond acceptors (Lipinski definition) is 1. The molecule has 0 unspecified atom stereocenters. The van der Waals surface area contributed by atoms with Crippen molar-refractivity contribution in [2.75, 3.05) is 20.1 Å². The zero-order chi connectivity index (χ0) is 14.0. The van der Waals surface area contributed by atoms with Crippen molar-refractivity contribution in [3.05, 3.63) is 35.4 Å². The highest BCUT2D eigenvalue weighted by Crippen LogP contribution is 2.47. The minimum atomic E-state index is 0. The van der Waals surface area contributed by atoms with Gasteiger partial charge in [0.1, 0.15) is 0 Å². The minimum absolute atomic E-state index is 0. The number of nitrogens with zero attached hydrogens (tertiary/aromatic N) is 2. The highest BCUT2D eigenvalue weighted by Gasteiger charge is 2.43. The van der Waals surface area contributed by atoms with E-state index in [2.05, 4.69) is 46.4 Å². The Balaban J connectivity index is 0.00000161. The van der Waals surface area contributed by atoms with Gasteiger partial charge in [-0.2, -0.15) is 0 Å². The number of nitrogens with one attached hydrogen (secondary N) is 1. The Morgan fingerprint density at radius 2 is 1.95 bits per heavy atom. The second-order valence-electron chi connectivity index (χ2n) is 6.41. The van der Waals surface area contributed by atoms with Gasteiger partial charge in [0.15, 0.2) is 5.96 Å². The fourth-order valence-electron chi connectivity index (χ4n) is 3.42. The van der Waals surface area contributed by atoms with E-state index in [0.29, 0.717) is 5.41 Å². The zero-order valence-electron chi connectivity index (χ0n) is 13.1. The zero-order valence-corrected chi connectivity index (χ0v) is 15.4. The maximum absolute atomic E-state index is 4.46. The molecule has 0 amide bonds. The van der Waals surface area contributed by atoms with Gasteiger partial charge in [-0.15, -0.1) is 24.0 Å². The fourth-order valence-corrected chi connectivity index (χ4v) is 3.42. The molecule has 1 saturated heterocycles. The molecule has 21 heavy (non-hydrogen) atoms. The van der Waals surface area contributed by atoms with Crippen LogP contribution in [0.15, 0.2) is 29.3 Å². The summed E-state index contributed by atoms with van der Waals surface area (Å²) in [4.78, 5) is 6.90. The fraction of sp³-hybridized carbons (Fsp3) is 0.588. The van der Waals surface area contributed by atoms with Crippen LogP contribution < -0.4 is 5.32 Å². The van der Waals surface area contributed by atoms with Crippen LogP contribution >= 0.6 is 24.0 Å². The van der Waals surface area contributed by atoms with Gasteiger partial charge in [-0.3, -0.25) is 4.99 Å². The SMILES string of the molecule is CN=C(NCc1ccc(C)cc1)N1CCC2(CCC2)C1.I. The van der Waals surface area contributed by atoms with Crippen LogP contribution in [0.4, 0.5) is 0 Å². The highest BCUT2D eigenvalue weighted by atomic mass is 127. The van der Waals surface area contributed by atoms with Crippen molar-refractivity contribution in [1.29, 1.82) is 0 Å². The Morgan fingerprint density at radius 3 is 2.48 bits per heavy atom. The molecule has 1 aromatic rings. The van der Waals surface area contributed by atoms with Crippen LogP contribution in [0.5, 0.6) is 0 Å². The van der Waals surface area contributed by atoms with E-state index in [1.165, 1.54) is 43.4 Å². The lowest BCUT2D eigenvalue weighted by molar-refractivity contribution is 0.151. The average Bonchev–Trinajstić information content (AvgIpc) is 2.87. The summed E-state index contributed by atoms with van der Waals surface area (Å²) in [6.07, 6.45) is 5.60. The van der Waals surface area contributed by atoms with Crippen molar-refractivity contribution in [2.45, 2.75) is 39.2 Å². The van der Waals surface area contributed by atoms with Crippen LogP contribution in [0.25, 0.3) is 0 Å². The third-order valence-corrected chi connectivity index (χ3v) is 4.94. The number of benzene rings is 1. The first kappa shape index (κ1) is 16.6. The van der Waals surface area contributed by atoms with Crippen molar-refractivity contribution < 1.29 is 0 Å². The average molecular weight is 399 g/mol. The Labute approximate surface area is 145 Å². The van der Waals surface area contributed by atoms with Gasteiger partial charge in [0.2, 0.25) is 0 Å². The molecule has 4 heteroatoms. The number of halogens is 1. The summed E-state index contributed by atoms with van der Waals surface area (Å²) >= 11 is 0. The van der Waals surface area contributed by atoms with Crippen LogP contribution in [-0.2, 0) is 6.54 Å². The largest absolute Gasteiger partial charge is 0.352 e. The normalized spacial score (nSPS) is 20.1. The van der Waals surface area contributed by atoms with Gasteiger partial charge in [-0.1, -0.05) is 36.2 Å². The van der Waals surface area contributed by atoms with Crippen molar-refractivity contribution in [2.24, 2.45) is 10.4 Å². The van der Waals surface area contributed by atoms with Crippen molar-refractivity contribution >= 4 is 29.9 Å². The summed E-state index contributed by atoms with van der Waals surface area (Å²) in [6, 6.07) is 8.71. The van der Waals surface area contributed by atoms with E-state index in [9.17, 15) is 0 Å². The predicted octanol–water partition coefficient (Wildman–Crippen LogP) is 3.56. The molecule has 0 aromatic heterocycles. The number of aliphatic imine (C=N–C) groups is 1. The third-order valence-electron chi connectivity index (χ3n) is 4.94. The predicted molar refractivity (Wildman–Crippen MR) is 99.3 cm³/mol. The molecule has 1 saturated carbocycles. The van der Waals surface area contributed by atoms with Gasteiger partial charge in [-0.05, 0) is 37.2 Å². The molecular formula is C17H26IN3. The van der Waals surface area contributed by atoms with Gasteiger partial charge in [-0.25, -0.2) is 0 Å². The monoisotopic (exact) mass is 399 g/mol. The van der Waals surface area contributed by atoms with Crippen molar-refractivity contribution in [1.82, 2.24) is 10.2 Å². The molecule has 2 aliphatic rings. The molecule has 1 spiro atoms. The molecule has 116 valence electrons. The number of rotatable bonds is 2. The van der Waals surface area contributed by atoms with Crippen LogP contribution in [-0.4, -0.2) is 31.0 Å². The lowest BCUT2D eigenvalue weighted by Crippen LogP contribution is -2.42. The van der Waals surface area contributed by atoms with E-state index in [1.807, 2.05) is 7.05 Å². The van der Waals surface area contributed by atoms with Crippen LogP contribution in [0, 0.1) is 12.3 Å².